The van der Waals surface area contributed by atoms with E-state index in [-0.39, 0.29) is 5.60 Å². The second-order valence-corrected chi connectivity index (χ2v) is 6.14. The molecule has 0 amide bonds. The molecule has 2 saturated heterocycles. The fraction of sp³-hybridized carbons (Fsp3) is 0.647. The topological polar surface area (TPSA) is 39.7 Å². The molecule has 1 spiro atoms. The van der Waals surface area contributed by atoms with Crippen LogP contribution in [0.1, 0.15) is 24.8 Å². The Kier molecular flexibility index (Phi) is 4.78. The second kappa shape index (κ2) is 6.77. The summed E-state index contributed by atoms with van der Waals surface area (Å²) in [5.41, 5.74) is 1.21. The molecule has 1 N–H and O–H groups in total. The van der Waals surface area contributed by atoms with Gasteiger partial charge in [-0.25, -0.2) is 0 Å². The zero-order chi connectivity index (χ0) is 14.5. The van der Waals surface area contributed by atoms with E-state index in [1.165, 1.54) is 5.56 Å². The van der Waals surface area contributed by atoms with E-state index in [1.807, 2.05) is 12.1 Å². The molecule has 0 aromatic heterocycles. The first-order chi connectivity index (χ1) is 10.3. The molecular formula is C17H25NO3. The summed E-state index contributed by atoms with van der Waals surface area (Å²) in [6, 6.07) is 8.70. The van der Waals surface area contributed by atoms with Gasteiger partial charge in [-0.2, -0.15) is 0 Å². The Morgan fingerprint density at radius 1 is 1.38 bits per heavy atom. The first-order valence-corrected chi connectivity index (χ1v) is 7.90. The van der Waals surface area contributed by atoms with E-state index in [1.54, 1.807) is 0 Å². The number of nitrogens with one attached hydrogen (secondary N) is 1. The maximum atomic E-state index is 5.95. The lowest BCUT2D eigenvalue weighted by atomic mass is 9.90. The van der Waals surface area contributed by atoms with Crippen LogP contribution in [0.2, 0.25) is 0 Å². The molecule has 1 aromatic carbocycles. The van der Waals surface area contributed by atoms with Crippen LogP contribution >= 0.6 is 0 Å². The van der Waals surface area contributed by atoms with Crippen molar-refractivity contribution in [2.24, 2.45) is 0 Å². The molecule has 1 aromatic rings. The van der Waals surface area contributed by atoms with Crippen LogP contribution in [0.25, 0.3) is 0 Å². The third kappa shape index (κ3) is 3.96. The summed E-state index contributed by atoms with van der Waals surface area (Å²) >= 11 is 0. The van der Waals surface area contributed by atoms with Gasteiger partial charge >= 0.3 is 0 Å². The standard InChI is InChI=1S/C17H25NO3/c1-14-3-2-4-16(11-14)20-10-7-18-15-5-8-21-17(12-15)6-9-19-13-17/h2-4,11,15,18H,5-10,12-13H2,1H3. The highest BCUT2D eigenvalue weighted by molar-refractivity contribution is 5.27. The van der Waals surface area contributed by atoms with Crippen LogP contribution in [0.4, 0.5) is 0 Å². The van der Waals surface area contributed by atoms with Crippen LogP contribution in [-0.4, -0.2) is 44.6 Å². The van der Waals surface area contributed by atoms with E-state index in [0.717, 1.165) is 51.4 Å². The first kappa shape index (κ1) is 14.8. The van der Waals surface area contributed by atoms with E-state index in [4.69, 9.17) is 14.2 Å². The lowest BCUT2D eigenvalue weighted by Crippen LogP contribution is -2.48. The van der Waals surface area contributed by atoms with E-state index in [2.05, 4.69) is 24.4 Å². The third-order valence-corrected chi connectivity index (χ3v) is 4.35. The highest BCUT2D eigenvalue weighted by Crippen LogP contribution is 2.32. The summed E-state index contributed by atoms with van der Waals surface area (Å²) in [4.78, 5) is 0. The Hall–Kier alpha value is -1.10. The molecule has 116 valence electrons. The van der Waals surface area contributed by atoms with Gasteiger partial charge in [-0.1, -0.05) is 12.1 Å². The van der Waals surface area contributed by atoms with Gasteiger partial charge in [-0.3, -0.25) is 0 Å². The van der Waals surface area contributed by atoms with Crippen molar-refractivity contribution in [1.29, 1.82) is 0 Å². The molecule has 2 unspecified atom stereocenters. The van der Waals surface area contributed by atoms with Crippen molar-refractivity contribution >= 4 is 0 Å². The molecule has 21 heavy (non-hydrogen) atoms. The van der Waals surface area contributed by atoms with Gasteiger partial charge in [0.1, 0.15) is 12.4 Å². The van der Waals surface area contributed by atoms with Crippen molar-refractivity contribution in [2.75, 3.05) is 33.0 Å². The van der Waals surface area contributed by atoms with Crippen molar-refractivity contribution in [3.05, 3.63) is 29.8 Å². The fourth-order valence-corrected chi connectivity index (χ4v) is 3.20. The van der Waals surface area contributed by atoms with Gasteiger partial charge in [0.25, 0.3) is 0 Å². The van der Waals surface area contributed by atoms with E-state index >= 15 is 0 Å². The van der Waals surface area contributed by atoms with Gasteiger partial charge in [0, 0.05) is 32.2 Å². The summed E-state index contributed by atoms with van der Waals surface area (Å²) in [6.45, 7) is 6.07. The zero-order valence-corrected chi connectivity index (χ0v) is 12.8. The van der Waals surface area contributed by atoms with Gasteiger partial charge in [0.15, 0.2) is 0 Å². The van der Waals surface area contributed by atoms with E-state index in [0.29, 0.717) is 12.6 Å². The lowest BCUT2D eigenvalue weighted by molar-refractivity contribution is -0.0894. The van der Waals surface area contributed by atoms with Crippen LogP contribution < -0.4 is 10.1 Å². The van der Waals surface area contributed by atoms with Gasteiger partial charge in [0.2, 0.25) is 0 Å². The number of hydrogen-bond acceptors (Lipinski definition) is 4. The smallest absolute Gasteiger partial charge is 0.119 e. The Bertz CT molecular complexity index is 457. The van der Waals surface area contributed by atoms with Gasteiger partial charge < -0.3 is 19.5 Å². The summed E-state index contributed by atoms with van der Waals surface area (Å²) < 4.78 is 17.2. The normalized spacial score (nSPS) is 28.9. The second-order valence-electron chi connectivity index (χ2n) is 6.14. The molecule has 4 nitrogen and oxygen atoms in total. The molecule has 4 heteroatoms. The molecule has 2 fully saturated rings. The number of aryl methyl sites for hydroxylation is 1. The maximum absolute atomic E-state index is 5.95. The van der Waals surface area contributed by atoms with Gasteiger partial charge in [-0.15, -0.1) is 0 Å². The molecular weight excluding hydrogens is 266 g/mol. The van der Waals surface area contributed by atoms with Crippen LogP contribution in [0.15, 0.2) is 24.3 Å². The Balaban J connectivity index is 1.39. The molecule has 2 aliphatic rings. The largest absolute Gasteiger partial charge is 0.492 e. The predicted molar refractivity (Wildman–Crippen MR) is 81.8 cm³/mol. The Labute approximate surface area is 126 Å². The Morgan fingerprint density at radius 2 is 2.33 bits per heavy atom. The number of rotatable bonds is 5. The van der Waals surface area contributed by atoms with Crippen molar-refractivity contribution < 1.29 is 14.2 Å². The molecule has 2 aliphatic heterocycles. The molecule has 0 bridgehead atoms. The fourth-order valence-electron chi connectivity index (χ4n) is 3.20. The molecule has 0 aliphatic carbocycles. The number of ether oxygens (including phenoxy) is 3. The van der Waals surface area contributed by atoms with Crippen LogP contribution in [-0.2, 0) is 9.47 Å². The minimum Gasteiger partial charge on any atom is -0.492 e. The SMILES string of the molecule is Cc1cccc(OCCNC2CCOC3(CCOC3)C2)c1. The van der Waals surface area contributed by atoms with E-state index < -0.39 is 0 Å². The number of benzene rings is 1. The highest BCUT2D eigenvalue weighted by Gasteiger charge is 2.40. The predicted octanol–water partition coefficient (Wildman–Crippen LogP) is 2.30. The lowest BCUT2D eigenvalue weighted by Gasteiger charge is -2.37. The number of hydrogen-bond donors (Lipinski definition) is 1. The van der Waals surface area contributed by atoms with Crippen molar-refractivity contribution in [3.8, 4) is 5.75 Å². The van der Waals surface area contributed by atoms with Crippen LogP contribution in [0.5, 0.6) is 5.75 Å². The third-order valence-electron chi connectivity index (χ3n) is 4.35. The first-order valence-electron chi connectivity index (χ1n) is 7.90. The van der Waals surface area contributed by atoms with Crippen molar-refractivity contribution in [2.45, 2.75) is 37.8 Å². The minimum absolute atomic E-state index is 0.0205. The molecule has 0 saturated carbocycles. The summed E-state index contributed by atoms with van der Waals surface area (Å²) in [6.07, 6.45) is 3.16. The van der Waals surface area contributed by atoms with E-state index in [9.17, 15) is 0 Å². The molecule has 0 radical (unpaired) electrons. The van der Waals surface area contributed by atoms with Gasteiger partial charge in [-0.05, 0) is 37.5 Å². The average Bonchev–Trinajstić information content (AvgIpc) is 2.92. The summed E-state index contributed by atoms with van der Waals surface area (Å²) in [7, 11) is 0. The van der Waals surface area contributed by atoms with Crippen molar-refractivity contribution in [3.63, 3.8) is 0 Å². The average molecular weight is 291 g/mol. The monoisotopic (exact) mass is 291 g/mol. The molecule has 2 atom stereocenters. The highest BCUT2D eigenvalue weighted by atomic mass is 16.6. The van der Waals surface area contributed by atoms with Crippen molar-refractivity contribution in [1.82, 2.24) is 5.32 Å². The maximum Gasteiger partial charge on any atom is 0.119 e. The Morgan fingerprint density at radius 3 is 3.14 bits per heavy atom. The van der Waals surface area contributed by atoms with Crippen LogP contribution in [0, 0.1) is 6.92 Å². The molecule has 2 heterocycles. The summed E-state index contributed by atoms with van der Waals surface area (Å²) in [5.74, 6) is 0.949. The minimum atomic E-state index is -0.0205. The quantitative estimate of drug-likeness (QED) is 0.845. The molecule has 3 rings (SSSR count). The van der Waals surface area contributed by atoms with Gasteiger partial charge in [0.05, 0.1) is 12.2 Å². The van der Waals surface area contributed by atoms with Crippen LogP contribution in [0.3, 0.4) is 0 Å². The zero-order valence-electron chi connectivity index (χ0n) is 12.8. The summed E-state index contributed by atoms with van der Waals surface area (Å²) in [5, 5.41) is 3.60.